The number of nitrogens with one attached hydrogen (secondary N) is 2. The standard InChI is InChI=1S/C20H27N3O/c1-3-7-23-12-14(10-21-13(2)24)8-17-16-5-4-6-18-20(16)15(11-22-18)9-19(17)23/h4-6,11,14,17,19,22H,3,7-10,12H2,1-2H3,(H,21,24)/t14?,17?,19-/m1/s1. The summed E-state index contributed by atoms with van der Waals surface area (Å²) < 4.78 is 0. The number of piperidine rings is 1. The van der Waals surface area contributed by atoms with Crippen LogP contribution in [0.15, 0.2) is 24.4 Å². The molecule has 1 aromatic heterocycles. The predicted molar refractivity (Wildman–Crippen MR) is 97.2 cm³/mol. The first-order valence-electron chi connectivity index (χ1n) is 9.24. The van der Waals surface area contributed by atoms with Crippen molar-refractivity contribution >= 4 is 16.8 Å². The van der Waals surface area contributed by atoms with Gasteiger partial charge < -0.3 is 10.3 Å². The minimum Gasteiger partial charge on any atom is -0.361 e. The number of carbonyl (C=O) groups is 1. The van der Waals surface area contributed by atoms with E-state index in [2.05, 4.69) is 46.5 Å². The lowest BCUT2D eigenvalue weighted by atomic mass is 9.72. The summed E-state index contributed by atoms with van der Waals surface area (Å²) in [5.74, 6) is 1.20. The first kappa shape index (κ1) is 15.7. The Morgan fingerprint density at radius 2 is 2.29 bits per heavy atom. The van der Waals surface area contributed by atoms with Crippen molar-refractivity contribution in [2.45, 2.75) is 45.1 Å². The summed E-state index contributed by atoms with van der Waals surface area (Å²) in [5.41, 5.74) is 4.25. The lowest BCUT2D eigenvalue weighted by Gasteiger charge is -2.47. The number of fused-ring (bicyclic) bond motifs is 2. The summed E-state index contributed by atoms with van der Waals surface area (Å²) in [6.07, 6.45) is 5.71. The number of hydrogen-bond acceptors (Lipinski definition) is 2. The molecule has 128 valence electrons. The summed E-state index contributed by atoms with van der Waals surface area (Å²) in [4.78, 5) is 17.5. The number of carbonyl (C=O) groups excluding carboxylic acids is 1. The third-order valence-corrected chi connectivity index (χ3v) is 5.81. The Balaban J connectivity index is 1.68. The van der Waals surface area contributed by atoms with E-state index < -0.39 is 0 Å². The van der Waals surface area contributed by atoms with Gasteiger partial charge in [0.25, 0.3) is 0 Å². The van der Waals surface area contributed by atoms with E-state index >= 15 is 0 Å². The van der Waals surface area contributed by atoms with Crippen LogP contribution in [0.2, 0.25) is 0 Å². The van der Waals surface area contributed by atoms with E-state index in [0.29, 0.717) is 17.9 Å². The molecule has 0 bridgehead atoms. The average Bonchev–Trinajstić information content (AvgIpc) is 2.99. The van der Waals surface area contributed by atoms with Crippen LogP contribution in [-0.4, -0.2) is 41.5 Å². The van der Waals surface area contributed by atoms with Crippen molar-refractivity contribution in [3.05, 3.63) is 35.5 Å². The Labute approximate surface area is 143 Å². The molecule has 3 atom stereocenters. The Morgan fingerprint density at radius 1 is 1.42 bits per heavy atom. The zero-order valence-electron chi connectivity index (χ0n) is 14.6. The lowest BCUT2D eigenvalue weighted by Crippen LogP contribution is -2.52. The van der Waals surface area contributed by atoms with Crippen molar-refractivity contribution in [3.63, 3.8) is 0 Å². The fourth-order valence-corrected chi connectivity index (χ4v) is 4.88. The van der Waals surface area contributed by atoms with Crippen LogP contribution >= 0.6 is 0 Å². The van der Waals surface area contributed by atoms with Crippen molar-refractivity contribution in [3.8, 4) is 0 Å². The highest BCUT2D eigenvalue weighted by molar-refractivity contribution is 5.88. The summed E-state index contributed by atoms with van der Waals surface area (Å²) in [6.45, 7) is 6.92. The average molecular weight is 325 g/mol. The molecule has 0 spiro atoms. The van der Waals surface area contributed by atoms with Crippen LogP contribution in [-0.2, 0) is 11.2 Å². The molecule has 2 aliphatic rings. The van der Waals surface area contributed by atoms with Gasteiger partial charge in [-0.25, -0.2) is 0 Å². The van der Waals surface area contributed by atoms with Gasteiger partial charge in [0.05, 0.1) is 0 Å². The van der Waals surface area contributed by atoms with Crippen LogP contribution in [0.5, 0.6) is 0 Å². The van der Waals surface area contributed by atoms with Gasteiger partial charge in [-0.2, -0.15) is 0 Å². The molecule has 1 aliphatic carbocycles. The van der Waals surface area contributed by atoms with Crippen LogP contribution in [0.25, 0.3) is 10.9 Å². The van der Waals surface area contributed by atoms with E-state index in [0.717, 1.165) is 26.1 Å². The summed E-state index contributed by atoms with van der Waals surface area (Å²) >= 11 is 0. The van der Waals surface area contributed by atoms with Gasteiger partial charge in [-0.05, 0) is 48.9 Å². The maximum atomic E-state index is 11.3. The van der Waals surface area contributed by atoms with Crippen LogP contribution in [0, 0.1) is 5.92 Å². The number of aromatic amines is 1. The minimum absolute atomic E-state index is 0.0813. The fraction of sp³-hybridized carbons (Fsp3) is 0.550. The molecule has 2 N–H and O–H groups in total. The van der Waals surface area contributed by atoms with Crippen LogP contribution in [0.1, 0.15) is 43.7 Å². The molecule has 4 nitrogen and oxygen atoms in total. The zero-order valence-corrected chi connectivity index (χ0v) is 14.6. The maximum Gasteiger partial charge on any atom is 0.216 e. The van der Waals surface area contributed by atoms with Gasteiger partial charge in [-0.3, -0.25) is 9.69 Å². The number of aromatic nitrogens is 1. The predicted octanol–water partition coefficient (Wildman–Crippen LogP) is 3.04. The molecule has 1 amide bonds. The first-order valence-corrected chi connectivity index (χ1v) is 9.24. The number of rotatable bonds is 4. The number of amides is 1. The van der Waals surface area contributed by atoms with E-state index in [4.69, 9.17) is 0 Å². The molecule has 1 aromatic carbocycles. The molecule has 4 rings (SSSR count). The van der Waals surface area contributed by atoms with E-state index in [9.17, 15) is 4.79 Å². The molecule has 4 heteroatoms. The van der Waals surface area contributed by atoms with Gasteiger partial charge in [-0.15, -0.1) is 0 Å². The van der Waals surface area contributed by atoms with Crippen LogP contribution in [0.3, 0.4) is 0 Å². The summed E-state index contributed by atoms with van der Waals surface area (Å²) in [5, 5.41) is 4.49. The van der Waals surface area contributed by atoms with Gasteiger partial charge in [0.2, 0.25) is 5.91 Å². The minimum atomic E-state index is 0.0813. The van der Waals surface area contributed by atoms with Gasteiger partial charge >= 0.3 is 0 Å². The highest BCUT2D eigenvalue weighted by Crippen LogP contribution is 2.44. The number of benzene rings is 1. The van der Waals surface area contributed by atoms with Crippen molar-refractivity contribution in [2.24, 2.45) is 5.92 Å². The largest absolute Gasteiger partial charge is 0.361 e. The third kappa shape index (κ3) is 2.63. The van der Waals surface area contributed by atoms with Crippen molar-refractivity contribution in [1.82, 2.24) is 15.2 Å². The number of hydrogen-bond donors (Lipinski definition) is 2. The molecule has 0 saturated carbocycles. The molecule has 0 radical (unpaired) electrons. The van der Waals surface area contributed by atoms with Gasteiger partial charge in [0, 0.05) is 49.1 Å². The zero-order chi connectivity index (χ0) is 16.7. The Morgan fingerprint density at radius 3 is 3.08 bits per heavy atom. The molecule has 2 unspecified atom stereocenters. The molecule has 1 fully saturated rings. The summed E-state index contributed by atoms with van der Waals surface area (Å²) in [7, 11) is 0. The van der Waals surface area contributed by atoms with E-state index in [1.807, 2.05) is 0 Å². The quantitative estimate of drug-likeness (QED) is 0.908. The topological polar surface area (TPSA) is 48.1 Å². The molecule has 24 heavy (non-hydrogen) atoms. The molecule has 2 heterocycles. The van der Waals surface area contributed by atoms with Crippen LogP contribution < -0.4 is 5.32 Å². The van der Waals surface area contributed by atoms with Crippen molar-refractivity contribution in [1.29, 1.82) is 0 Å². The fourth-order valence-electron chi connectivity index (χ4n) is 4.88. The molecule has 1 aliphatic heterocycles. The number of nitrogens with zero attached hydrogens (tertiary/aromatic N) is 1. The number of likely N-dealkylation sites (tertiary alicyclic amines) is 1. The lowest BCUT2D eigenvalue weighted by molar-refractivity contribution is -0.119. The Hall–Kier alpha value is -1.81. The van der Waals surface area contributed by atoms with Crippen molar-refractivity contribution < 1.29 is 4.79 Å². The second-order valence-corrected chi connectivity index (χ2v) is 7.50. The second-order valence-electron chi connectivity index (χ2n) is 7.50. The maximum absolute atomic E-state index is 11.3. The van der Waals surface area contributed by atoms with Gasteiger partial charge in [-0.1, -0.05) is 19.1 Å². The van der Waals surface area contributed by atoms with Crippen LogP contribution in [0.4, 0.5) is 0 Å². The molecule has 2 aromatic rings. The Bertz CT molecular complexity index is 750. The smallest absolute Gasteiger partial charge is 0.216 e. The van der Waals surface area contributed by atoms with Gasteiger partial charge in [0.1, 0.15) is 0 Å². The normalized spacial score (nSPS) is 26.3. The first-order chi connectivity index (χ1) is 11.7. The number of H-pyrrole nitrogens is 1. The molecule has 1 saturated heterocycles. The second kappa shape index (κ2) is 6.25. The molecular weight excluding hydrogens is 298 g/mol. The SMILES string of the molecule is CCCN1CC(CNC(C)=O)CC2c3cccc4[nH]cc(c34)C[C@H]21. The molecular formula is C20H27N3O. The van der Waals surface area contributed by atoms with E-state index in [1.54, 1.807) is 6.92 Å². The summed E-state index contributed by atoms with van der Waals surface area (Å²) in [6, 6.07) is 7.29. The van der Waals surface area contributed by atoms with E-state index in [-0.39, 0.29) is 5.91 Å². The highest BCUT2D eigenvalue weighted by atomic mass is 16.1. The third-order valence-electron chi connectivity index (χ3n) is 5.81. The van der Waals surface area contributed by atoms with Gasteiger partial charge in [0.15, 0.2) is 0 Å². The van der Waals surface area contributed by atoms with E-state index in [1.165, 1.54) is 34.9 Å². The Kier molecular flexibility index (Phi) is 4.09. The highest BCUT2D eigenvalue weighted by Gasteiger charge is 2.40. The monoisotopic (exact) mass is 325 g/mol. The van der Waals surface area contributed by atoms with Crippen molar-refractivity contribution in [2.75, 3.05) is 19.6 Å².